The van der Waals surface area contributed by atoms with Crippen molar-refractivity contribution in [3.63, 3.8) is 0 Å². The van der Waals surface area contributed by atoms with E-state index in [1.165, 1.54) is 13.2 Å². The van der Waals surface area contributed by atoms with Crippen molar-refractivity contribution in [1.29, 1.82) is 0 Å². The van der Waals surface area contributed by atoms with E-state index in [4.69, 9.17) is 26.2 Å². The maximum Gasteiger partial charge on any atom is 0.328 e. The third kappa shape index (κ3) is 4.86. The van der Waals surface area contributed by atoms with Crippen LogP contribution in [0.4, 0.5) is 0 Å². The Morgan fingerprint density at radius 1 is 1.22 bits per heavy atom. The van der Waals surface area contributed by atoms with E-state index in [1.54, 1.807) is 41.2 Å². The van der Waals surface area contributed by atoms with Gasteiger partial charge in [0, 0.05) is 11.1 Å². The van der Waals surface area contributed by atoms with E-state index < -0.39 is 5.97 Å². The summed E-state index contributed by atoms with van der Waals surface area (Å²) in [7, 11) is 1.52. The highest BCUT2D eigenvalue weighted by Crippen LogP contribution is 2.29. The van der Waals surface area contributed by atoms with Crippen LogP contribution in [0.25, 0.3) is 11.8 Å². The van der Waals surface area contributed by atoms with Crippen LogP contribution in [0, 0.1) is 0 Å². The first-order chi connectivity index (χ1) is 13.0. The fourth-order valence-electron chi connectivity index (χ4n) is 2.31. The Morgan fingerprint density at radius 2 is 2.00 bits per heavy atom. The van der Waals surface area contributed by atoms with Gasteiger partial charge in [-0.05, 0) is 48.0 Å². The number of carboxylic acid groups (broad SMARTS) is 1. The molecular weight excluding hydrogens is 370 g/mol. The molecule has 1 aromatic heterocycles. The minimum Gasteiger partial charge on any atom is -0.493 e. The third-order valence-electron chi connectivity index (χ3n) is 3.61. The summed E-state index contributed by atoms with van der Waals surface area (Å²) in [5, 5.41) is 17.5. The maximum absolute atomic E-state index is 10.6. The second-order valence-corrected chi connectivity index (χ2v) is 5.94. The third-order valence-corrected chi connectivity index (χ3v) is 3.87. The van der Waals surface area contributed by atoms with Gasteiger partial charge in [-0.25, -0.2) is 9.48 Å². The monoisotopic (exact) mass is 385 g/mol. The number of aliphatic carboxylic acids is 1. The zero-order valence-corrected chi connectivity index (χ0v) is 15.1. The van der Waals surface area contributed by atoms with Crippen molar-refractivity contribution >= 4 is 23.6 Å². The number of aromatic nitrogens is 3. The van der Waals surface area contributed by atoms with Crippen molar-refractivity contribution in [2.24, 2.45) is 0 Å². The molecule has 138 valence electrons. The van der Waals surface area contributed by atoms with Gasteiger partial charge in [-0.2, -0.15) is 0 Å². The van der Waals surface area contributed by atoms with Gasteiger partial charge in [0.25, 0.3) is 0 Å². The minimum absolute atomic E-state index is 0.203. The SMILES string of the molecule is COc1cc(/C=C/C(=O)O)ccc1OCc1cn(-c2ccc(Cl)cc2)nn1. The first-order valence-electron chi connectivity index (χ1n) is 7.94. The molecule has 7 nitrogen and oxygen atoms in total. The summed E-state index contributed by atoms with van der Waals surface area (Å²) in [6.45, 7) is 0.203. The average molecular weight is 386 g/mol. The van der Waals surface area contributed by atoms with Gasteiger partial charge in [-0.15, -0.1) is 5.10 Å². The molecule has 0 aliphatic heterocycles. The van der Waals surface area contributed by atoms with E-state index in [1.807, 2.05) is 12.1 Å². The predicted octanol–water partition coefficient (Wildman–Crippen LogP) is 3.61. The Labute approximate surface area is 160 Å². The highest BCUT2D eigenvalue weighted by atomic mass is 35.5. The number of carboxylic acids is 1. The normalized spacial score (nSPS) is 10.9. The van der Waals surface area contributed by atoms with Gasteiger partial charge in [0.15, 0.2) is 11.5 Å². The molecular formula is C19H16ClN3O4. The molecule has 0 aliphatic rings. The van der Waals surface area contributed by atoms with E-state index in [0.717, 1.165) is 11.8 Å². The molecule has 0 saturated heterocycles. The number of ether oxygens (including phenoxy) is 2. The number of carbonyl (C=O) groups is 1. The smallest absolute Gasteiger partial charge is 0.328 e. The van der Waals surface area contributed by atoms with E-state index in [9.17, 15) is 4.79 Å². The van der Waals surface area contributed by atoms with Crippen LogP contribution in [0.5, 0.6) is 11.5 Å². The van der Waals surface area contributed by atoms with Gasteiger partial charge in [0.1, 0.15) is 12.3 Å². The van der Waals surface area contributed by atoms with Crippen molar-refractivity contribution in [3.05, 3.63) is 71.0 Å². The second kappa shape index (κ2) is 8.37. The Bertz CT molecular complexity index is 967. The highest BCUT2D eigenvalue weighted by Gasteiger charge is 2.08. The molecule has 3 rings (SSSR count). The summed E-state index contributed by atoms with van der Waals surface area (Å²) >= 11 is 5.89. The summed E-state index contributed by atoms with van der Waals surface area (Å²) in [6, 6.07) is 12.4. The fourth-order valence-corrected chi connectivity index (χ4v) is 2.44. The summed E-state index contributed by atoms with van der Waals surface area (Å²) in [5.74, 6) is -0.00304. The standard InChI is InChI=1S/C19H16ClN3O4/c1-26-18-10-13(3-9-19(24)25)2-8-17(18)27-12-15-11-23(22-21-15)16-6-4-14(20)5-7-16/h2-11H,12H2,1H3,(H,24,25)/b9-3+. The molecule has 1 N–H and O–H groups in total. The molecule has 2 aromatic carbocycles. The predicted molar refractivity (Wildman–Crippen MR) is 100 cm³/mol. The second-order valence-electron chi connectivity index (χ2n) is 5.50. The topological polar surface area (TPSA) is 86.5 Å². The zero-order valence-electron chi connectivity index (χ0n) is 14.4. The molecule has 0 radical (unpaired) electrons. The van der Waals surface area contributed by atoms with Crippen LogP contribution in [0.15, 0.2) is 54.7 Å². The van der Waals surface area contributed by atoms with Gasteiger partial charge >= 0.3 is 5.97 Å². The van der Waals surface area contributed by atoms with Crippen LogP contribution in [-0.4, -0.2) is 33.2 Å². The van der Waals surface area contributed by atoms with Gasteiger partial charge in [0.2, 0.25) is 0 Å². The van der Waals surface area contributed by atoms with Gasteiger partial charge in [-0.3, -0.25) is 0 Å². The molecule has 3 aromatic rings. The first-order valence-corrected chi connectivity index (χ1v) is 8.32. The molecule has 1 heterocycles. The van der Waals surface area contributed by atoms with E-state index in [-0.39, 0.29) is 6.61 Å². The average Bonchev–Trinajstić information content (AvgIpc) is 3.14. The highest BCUT2D eigenvalue weighted by molar-refractivity contribution is 6.30. The number of nitrogens with zero attached hydrogens (tertiary/aromatic N) is 3. The molecule has 0 fully saturated rings. The van der Waals surface area contributed by atoms with Crippen molar-refractivity contribution < 1.29 is 19.4 Å². The lowest BCUT2D eigenvalue weighted by atomic mass is 10.2. The number of rotatable bonds is 7. The Hall–Kier alpha value is -3.32. The molecule has 27 heavy (non-hydrogen) atoms. The largest absolute Gasteiger partial charge is 0.493 e. The van der Waals surface area contributed by atoms with Crippen LogP contribution >= 0.6 is 11.6 Å². The first kappa shape index (κ1) is 18.5. The van der Waals surface area contributed by atoms with Crippen molar-refractivity contribution in [2.45, 2.75) is 6.61 Å². The lowest BCUT2D eigenvalue weighted by Gasteiger charge is -2.10. The summed E-state index contributed by atoms with van der Waals surface area (Å²) in [5.41, 5.74) is 2.17. The molecule has 0 unspecified atom stereocenters. The summed E-state index contributed by atoms with van der Waals surface area (Å²) < 4.78 is 12.7. The number of methoxy groups -OCH3 is 1. The number of benzene rings is 2. The fraction of sp³-hybridized carbons (Fsp3) is 0.105. The molecule has 0 spiro atoms. The number of hydrogen-bond acceptors (Lipinski definition) is 5. The van der Waals surface area contributed by atoms with Gasteiger partial charge < -0.3 is 14.6 Å². The molecule has 0 bridgehead atoms. The van der Waals surface area contributed by atoms with Gasteiger partial charge in [0.05, 0.1) is 19.0 Å². The van der Waals surface area contributed by atoms with Crippen LogP contribution in [-0.2, 0) is 11.4 Å². The van der Waals surface area contributed by atoms with Crippen LogP contribution in [0.3, 0.4) is 0 Å². The van der Waals surface area contributed by atoms with E-state index in [2.05, 4.69) is 10.3 Å². The molecule has 0 saturated carbocycles. The van der Waals surface area contributed by atoms with E-state index >= 15 is 0 Å². The molecule has 0 aliphatic carbocycles. The van der Waals surface area contributed by atoms with E-state index in [0.29, 0.717) is 27.8 Å². The summed E-state index contributed by atoms with van der Waals surface area (Å²) in [6.07, 6.45) is 4.30. The van der Waals surface area contributed by atoms with Crippen LogP contribution < -0.4 is 9.47 Å². The molecule has 8 heteroatoms. The zero-order chi connectivity index (χ0) is 19.2. The lowest BCUT2D eigenvalue weighted by Crippen LogP contribution is -1.98. The van der Waals surface area contributed by atoms with Crippen molar-refractivity contribution in [3.8, 4) is 17.2 Å². The number of hydrogen-bond donors (Lipinski definition) is 1. The Kier molecular flexibility index (Phi) is 5.73. The Morgan fingerprint density at radius 3 is 2.70 bits per heavy atom. The van der Waals surface area contributed by atoms with Crippen LogP contribution in [0.2, 0.25) is 5.02 Å². The quantitative estimate of drug-likeness (QED) is 0.625. The lowest BCUT2D eigenvalue weighted by molar-refractivity contribution is -0.131. The van der Waals surface area contributed by atoms with Crippen LogP contribution in [0.1, 0.15) is 11.3 Å². The minimum atomic E-state index is -1.02. The van der Waals surface area contributed by atoms with Crippen molar-refractivity contribution in [2.75, 3.05) is 7.11 Å². The summed E-state index contributed by atoms with van der Waals surface area (Å²) in [4.78, 5) is 10.6. The molecule has 0 atom stereocenters. The Balaban J connectivity index is 1.69. The van der Waals surface area contributed by atoms with Crippen molar-refractivity contribution in [1.82, 2.24) is 15.0 Å². The van der Waals surface area contributed by atoms with Gasteiger partial charge in [-0.1, -0.05) is 22.9 Å². The number of halogens is 1. The maximum atomic E-state index is 10.6. The molecule has 0 amide bonds.